The highest BCUT2D eigenvalue weighted by Crippen LogP contribution is 2.37. The van der Waals surface area contributed by atoms with Gasteiger partial charge in [0.2, 0.25) is 0 Å². The summed E-state index contributed by atoms with van der Waals surface area (Å²) < 4.78 is 0. The molecule has 0 radical (unpaired) electrons. The van der Waals surface area contributed by atoms with Crippen molar-refractivity contribution in [2.45, 2.75) is 0 Å². The number of hydrogen-bond donors (Lipinski definition) is 0. The van der Waals surface area contributed by atoms with Gasteiger partial charge in [0.15, 0.2) is 0 Å². The van der Waals surface area contributed by atoms with Gasteiger partial charge in [-0.2, -0.15) is 0 Å². The maximum absolute atomic E-state index is 10.8. The normalized spacial score (nSPS) is 9.88. The summed E-state index contributed by atoms with van der Waals surface area (Å²) in [6.07, 6.45) is 0. The first-order chi connectivity index (χ1) is 7.36. The van der Waals surface area contributed by atoms with Crippen LogP contribution in [0, 0.1) is 20.2 Å². The number of halogens is 2. The summed E-state index contributed by atoms with van der Waals surface area (Å²) in [7, 11) is 0. The molecule has 1 aromatic carbocycles. The first kappa shape index (κ1) is 12.3. The third kappa shape index (κ3) is 2.10. The molecule has 0 heterocycles. The molecule has 0 aliphatic heterocycles. The zero-order valence-electron chi connectivity index (χ0n) is 7.35. The van der Waals surface area contributed by atoms with E-state index in [9.17, 15) is 25.0 Å². The van der Waals surface area contributed by atoms with Crippen LogP contribution in [0.1, 0.15) is 10.4 Å². The van der Waals surface area contributed by atoms with Crippen LogP contribution in [0.5, 0.6) is 0 Å². The molecule has 0 saturated heterocycles. The van der Waals surface area contributed by atoms with Crippen LogP contribution in [0.3, 0.4) is 0 Å². The van der Waals surface area contributed by atoms with E-state index in [-0.39, 0.29) is 5.56 Å². The number of nitro benzene ring substituents is 2. The standard InChI is InChI=1S/C7H2Cl2N2O5/c8-5-3(7(9)12)1-2-4(10(13)14)6(5)11(15)16/h1-2H. The van der Waals surface area contributed by atoms with Gasteiger partial charge < -0.3 is 0 Å². The van der Waals surface area contributed by atoms with Crippen molar-refractivity contribution in [3.8, 4) is 0 Å². The molecule has 0 spiro atoms. The molecular weight excluding hydrogens is 263 g/mol. The SMILES string of the molecule is O=C(Cl)c1ccc([N+](=O)[O-])c([N+](=O)[O-])c1Cl. The lowest BCUT2D eigenvalue weighted by atomic mass is 10.2. The Bertz CT molecular complexity index is 502. The van der Waals surface area contributed by atoms with Gasteiger partial charge in [-0.3, -0.25) is 25.0 Å². The lowest BCUT2D eigenvalue weighted by Gasteiger charge is -2.00. The molecule has 0 aliphatic carbocycles. The number of carbonyl (C=O) groups is 1. The van der Waals surface area contributed by atoms with E-state index in [0.717, 1.165) is 12.1 Å². The van der Waals surface area contributed by atoms with Crippen molar-refractivity contribution in [2.75, 3.05) is 0 Å². The molecule has 7 nitrogen and oxygen atoms in total. The molecule has 0 fully saturated rings. The highest BCUT2D eigenvalue weighted by Gasteiger charge is 2.31. The van der Waals surface area contributed by atoms with Crippen LogP contribution in [0.15, 0.2) is 12.1 Å². The minimum atomic E-state index is -1.04. The van der Waals surface area contributed by atoms with Crippen LogP contribution >= 0.6 is 23.2 Å². The quantitative estimate of drug-likeness (QED) is 0.474. The molecule has 0 unspecified atom stereocenters. The Hall–Kier alpha value is -1.73. The van der Waals surface area contributed by atoms with Gasteiger partial charge >= 0.3 is 11.4 Å². The van der Waals surface area contributed by atoms with Crippen LogP contribution in [-0.4, -0.2) is 15.1 Å². The van der Waals surface area contributed by atoms with Crippen molar-refractivity contribution in [3.63, 3.8) is 0 Å². The predicted molar refractivity (Wildman–Crippen MR) is 54.9 cm³/mol. The second-order valence-electron chi connectivity index (χ2n) is 2.58. The average molecular weight is 265 g/mol. The Labute approximate surface area is 97.9 Å². The van der Waals surface area contributed by atoms with E-state index in [0.29, 0.717) is 0 Å². The summed E-state index contributed by atoms with van der Waals surface area (Å²) in [5.74, 6) is 0. The van der Waals surface area contributed by atoms with Crippen molar-refractivity contribution >= 4 is 39.8 Å². The molecule has 16 heavy (non-hydrogen) atoms. The number of carbonyl (C=O) groups excluding carboxylic acids is 1. The summed E-state index contributed by atoms with van der Waals surface area (Å²) in [6, 6.07) is 1.77. The molecule has 0 aromatic heterocycles. The van der Waals surface area contributed by atoms with E-state index in [1.54, 1.807) is 0 Å². The molecule has 0 saturated carbocycles. The van der Waals surface area contributed by atoms with E-state index in [4.69, 9.17) is 23.2 Å². The highest BCUT2D eigenvalue weighted by molar-refractivity contribution is 6.69. The summed E-state index contributed by atoms with van der Waals surface area (Å²) in [5, 5.41) is 19.4. The summed E-state index contributed by atoms with van der Waals surface area (Å²) in [4.78, 5) is 29.9. The molecule has 84 valence electrons. The maximum atomic E-state index is 10.8. The molecule has 0 amide bonds. The van der Waals surface area contributed by atoms with Gasteiger partial charge in [0.25, 0.3) is 5.24 Å². The van der Waals surface area contributed by atoms with Crippen molar-refractivity contribution in [2.24, 2.45) is 0 Å². The summed E-state index contributed by atoms with van der Waals surface area (Å²) in [5.41, 5.74) is -2.09. The lowest BCUT2D eigenvalue weighted by molar-refractivity contribution is -0.422. The molecule has 0 atom stereocenters. The minimum absolute atomic E-state index is 0.347. The maximum Gasteiger partial charge on any atom is 0.365 e. The zero-order valence-corrected chi connectivity index (χ0v) is 8.86. The van der Waals surface area contributed by atoms with Crippen molar-refractivity contribution < 1.29 is 14.6 Å². The van der Waals surface area contributed by atoms with E-state index < -0.39 is 31.5 Å². The third-order valence-electron chi connectivity index (χ3n) is 1.69. The number of benzene rings is 1. The predicted octanol–water partition coefficient (Wildman–Crippen LogP) is 2.54. The number of nitrogens with zero attached hydrogens (tertiary/aromatic N) is 2. The number of hydrogen-bond acceptors (Lipinski definition) is 5. The largest absolute Gasteiger partial charge is 0.365 e. The number of rotatable bonds is 3. The highest BCUT2D eigenvalue weighted by atomic mass is 35.5. The average Bonchev–Trinajstić information content (AvgIpc) is 2.15. The Morgan fingerprint density at radius 3 is 2.12 bits per heavy atom. The summed E-state index contributed by atoms with van der Waals surface area (Å²) in [6.45, 7) is 0. The Morgan fingerprint density at radius 2 is 1.75 bits per heavy atom. The molecule has 0 aliphatic rings. The van der Waals surface area contributed by atoms with Crippen molar-refractivity contribution in [1.29, 1.82) is 0 Å². The van der Waals surface area contributed by atoms with Crippen molar-refractivity contribution in [3.05, 3.63) is 42.9 Å². The smallest absolute Gasteiger partial charge is 0.276 e. The first-order valence-corrected chi connectivity index (χ1v) is 4.43. The van der Waals surface area contributed by atoms with E-state index in [1.165, 1.54) is 0 Å². The third-order valence-corrected chi connectivity index (χ3v) is 2.27. The number of nitro groups is 2. The second-order valence-corrected chi connectivity index (χ2v) is 3.30. The van der Waals surface area contributed by atoms with Crippen molar-refractivity contribution in [1.82, 2.24) is 0 Å². The monoisotopic (exact) mass is 264 g/mol. The Balaban J connectivity index is 3.60. The fourth-order valence-corrected chi connectivity index (χ4v) is 1.55. The first-order valence-electron chi connectivity index (χ1n) is 3.67. The fourth-order valence-electron chi connectivity index (χ4n) is 1.03. The molecule has 1 rings (SSSR count). The molecule has 1 aromatic rings. The van der Waals surface area contributed by atoms with E-state index in [1.807, 2.05) is 0 Å². The van der Waals surface area contributed by atoms with Crippen LogP contribution < -0.4 is 0 Å². The molecular formula is C7H2Cl2N2O5. The fraction of sp³-hybridized carbons (Fsp3) is 0. The Morgan fingerprint density at radius 1 is 1.19 bits per heavy atom. The molecule has 0 bridgehead atoms. The summed E-state index contributed by atoms with van der Waals surface area (Å²) >= 11 is 10.6. The van der Waals surface area contributed by atoms with Gasteiger partial charge in [0, 0.05) is 6.07 Å². The van der Waals surface area contributed by atoms with E-state index in [2.05, 4.69) is 0 Å². The van der Waals surface area contributed by atoms with Gasteiger partial charge in [0.1, 0.15) is 5.02 Å². The van der Waals surface area contributed by atoms with E-state index >= 15 is 0 Å². The topological polar surface area (TPSA) is 103 Å². The van der Waals surface area contributed by atoms with Crippen LogP contribution in [-0.2, 0) is 0 Å². The van der Waals surface area contributed by atoms with Gasteiger partial charge in [-0.05, 0) is 17.7 Å². The van der Waals surface area contributed by atoms with Gasteiger partial charge in [-0.15, -0.1) is 0 Å². The van der Waals surface area contributed by atoms with Crippen LogP contribution in [0.2, 0.25) is 5.02 Å². The zero-order chi connectivity index (χ0) is 12.5. The van der Waals surface area contributed by atoms with Crippen LogP contribution in [0.4, 0.5) is 11.4 Å². The van der Waals surface area contributed by atoms with Crippen LogP contribution in [0.25, 0.3) is 0 Å². The van der Waals surface area contributed by atoms with Gasteiger partial charge in [-0.1, -0.05) is 11.6 Å². The lowest BCUT2D eigenvalue weighted by Crippen LogP contribution is -2.01. The van der Waals surface area contributed by atoms with Gasteiger partial charge in [0.05, 0.1) is 15.4 Å². The molecule has 0 N–H and O–H groups in total. The van der Waals surface area contributed by atoms with Gasteiger partial charge in [-0.25, -0.2) is 0 Å². The Kier molecular flexibility index (Phi) is 3.41. The minimum Gasteiger partial charge on any atom is -0.276 e. The molecule has 9 heteroatoms. The second kappa shape index (κ2) is 4.42.